The first-order valence-electron chi connectivity index (χ1n) is 4.74. The summed E-state index contributed by atoms with van der Waals surface area (Å²) >= 11 is 1.12. The quantitative estimate of drug-likeness (QED) is 0.875. The summed E-state index contributed by atoms with van der Waals surface area (Å²) in [6.45, 7) is 0. The summed E-state index contributed by atoms with van der Waals surface area (Å²) in [5.74, 6) is -2.44. The Morgan fingerprint density at radius 1 is 1.00 bits per heavy atom. The Morgan fingerprint density at radius 3 is 2.18 bits per heavy atom. The minimum atomic E-state index is -1.22. The van der Waals surface area contributed by atoms with Gasteiger partial charge in [-0.3, -0.25) is 0 Å². The van der Waals surface area contributed by atoms with Gasteiger partial charge in [0.1, 0.15) is 0 Å². The molecule has 0 fully saturated rings. The molecule has 0 aliphatic heterocycles. The number of carboxylic acid groups (broad SMARTS) is 2. The number of carboxylic acids is 2. The summed E-state index contributed by atoms with van der Waals surface area (Å²) in [6.07, 6.45) is 0. The van der Waals surface area contributed by atoms with Crippen LogP contribution in [0.5, 0.6) is 0 Å². The van der Waals surface area contributed by atoms with Crippen molar-refractivity contribution in [3.05, 3.63) is 46.8 Å². The number of benzene rings is 1. The van der Waals surface area contributed by atoms with Crippen molar-refractivity contribution >= 4 is 23.3 Å². The molecule has 4 nitrogen and oxygen atoms in total. The lowest BCUT2D eigenvalue weighted by Crippen LogP contribution is -2.05. The smallest absolute Gasteiger partial charge is 0.338 e. The zero-order valence-corrected chi connectivity index (χ0v) is 9.40. The summed E-state index contributed by atoms with van der Waals surface area (Å²) in [5.41, 5.74) is 0.400. The van der Waals surface area contributed by atoms with E-state index >= 15 is 0 Å². The van der Waals surface area contributed by atoms with E-state index in [9.17, 15) is 9.59 Å². The van der Waals surface area contributed by atoms with Gasteiger partial charge in [-0.15, -0.1) is 11.3 Å². The van der Waals surface area contributed by atoms with Crippen LogP contribution in [-0.4, -0.2) is 22.2 Å². The predicted molar refractivity (Wildman–Crippen MR) is 63.7 cm³/mol. The molecule has 0 amide bonds. The summed E-state index contributed by atoms with van der Waals surface area (Å²) in [6, 6.07) is 8.88. The van der Waals surface area contributed by atoms with Gasteiger partial charge < -0.3 is 10.2 Å². The van der Waals surface area contributed by atoms with Crippen LogP contribution in [-0.2, 0) is 0 Å². The van der Waals surface area contributed by atoms with Crippen LogP contribution in [0.25, 0.3) is 10.4 Å². The molecule has 0 bridgehead atoms. The lowest BCUT2D eigenvalue weighted by atomic mass is 10.1. The van der Waals surface area contributed by atoms with Crippen molar-refractivity contribution in [2.45, 2.75) is 0 Å². The molecule has 0 aliphatic rings. The molecular weight excluding hydrogens is 240 g/mol. The van der Waals surface area contributed by atoms with E-state index < -0.39 is 11.9 Å². The van der Waals surface area contributed by atoms with Gasteiger partial charge in [0.05, 0.1) is 11.1 Å². The molecule has 2 aromatic rings. The average Bonchev–Trinajstić information content (AvgIpc) is 2.74. The Kier molecular flexibility index (Phi) is 2.93. The van der Waals surface area contributed by atoms with Gasteiger partial charge in [0, 0.05) is 10.3 Å². The van der Waals surface area contributed by atoms with E-state index in [2.05, 4.69) is 0 Å². The van der Waals surface area contributed by atoms with Gasteiger partial charge >= 0.3 is 11.9 Å². The zero-order valence-electron chi connectivity index (χ0n) is 8.58. The molecule has 0 unspecified atom stereocenters. The lowest BCUT2D eigenvalue weighted by Gasteiger charge is -2.00. The minimum absolute atomic E-state index is 0.145. The molecule has 0 spiro atoms. The molecule has 0 aliphatic carbocycles. The highest BCUT2D eigenvalue weighted by Crippen LogP contribution is 2.32. The van der Waals surface area contributed by atoms with Gasteiger partial charge in [-0.05, 0) is 5.56 Å². The Bertz CT molecular complexity index is 571. The molecule has 1 aromatic carbocycles. The highest BCUT2D eigenvalue weighted by atomic mass is 32.1. The Hall–Kier alpha value is -2.14. The fourth-order valence-corrected chi connectivity index (χ4v) is 2.57. The maximum Gasteiger partial charge on any atom is 0.338 e. The molecule has 0 saturated carbocycles. The van der Waals surface area contributed by atoms with Gasteiger partial charge in [-0.1, -0.05) is 30.3 Å². The van der Waals surface area contributed by atoms with Crippen molar-refractivity contribution in [3.63, 3.8) is 0 Å². The van der Waals surface area contributed by atoms with Crippen molar-refractivity contribution in [3.8, 4) is 10.4 Å². The van der Waals surface area contributed by atoms with Crippen LogP contribution >= 0.6 is 11.3 Å². The van der Waals surface area contributed by atoms with Gasteiger partial charge in [0.15, 0.2) is 0 Å². The normalized spacial score (nSPS) is 10.1. The second-order valence-electron chi connectivity index (χ2n) is 3.33. The van der Waals surface area contributed by atoms with Crippen LogP contribution in [0.15, 0.2) is 35.7 Å². The van der Waals surface area contributed by atoms with E-state index in [4.69, 9.17) is 10.2 Å². The standard InChI is InChI=1S/C12H8O4S/c13-11(14)8-6-17-10(9(8)12(15)16)7-4-2-1-3-5-7/h1-6H,(H,13,14)(H,15,16). The second kappa shape index (κ2) is 4.39. The Labute approximate surface area is 101 Å². The third-order valence-corrected chi connectivity index (χ3v) is 3.30. The van der Waals surface area contributed by atoms with Crippen LogP contribution in [0.3, 0.4) is 0 Å². The molecular formula is C12H8O4S. The van der Waals surface area contributed by atoms with E-state index in [1.807, 2.05) is 6.07 Å². The van der Waals surface area contributed by atoms with Crippen molar-refractivity contribution < 1.29 is 19.8 Å². The fourth-order valence-electron chi connectivity index (χ4n) is 1.53. The molecule has 5 heteroatoms. The highest BCUT2D eigenvalue weighted by molar-refractivity contribution is 7.14. The van der Waals surface area contributed by atoms with E-state index in [1.165, 1.54) is 5.38 Å². The first kappa shape index (κ1) is 11.3. The molecule has 86 valence electrons. The zero-order chi connectivity index (χ0) is 12.4. The maximum atomic E-state index is 11.1. The molecule has 0 atom stereocenters. The van der Waals surface area contributed by atoms with Crippen molar-refractivity contribution in [1.29, 1.82) is 0 Å². The van der Waals surface area contributed by atoms with Crippen molar-refractivity contribution in [2.24, 2.45) is 0 Å². The molecule has 1 heterocycles. The summed E-state index contributed by atoms with van der Waals surface area (Å²) < 4.78 is 0. The van der Waals surface area contributed by atoms with Crippen LogP contribution in [0, 0.1) is 0 Å². The van der Waals surface area contributed by atoms with Crippen LogP contribution in [0.1, 0.15) is 20.7 Å². The number of hydrogen-bond acceptors (Lipinski definition) is 3. The minimum Gasteiger partial charge on any atom is -0.478 e. The first-order valence-corrected chi connectivity index (χ1v) is 5.62. The number of rotatable bonds is 3. The average molecular weight is 248 g/mol. The van der Waals surface area contributed by atoms with E-state index in [0.29, 0.717) is 10.4 Å². The van der Waals surface area contributed by atoms with E-state index in [0.717, 1.165) is 11.3 Å². The molecule has 0 saturated heterocycles. The molecule has 2 rings (SSSR count). The summed E-state index contributed by atoms with van der Waals surface area (Å²) in [4.78, 5) is 22.5. The van der Waals surface area contributed by atoms with Gasteiger partial charge in [0.25, 0.3) is 0 Å². The SMILES string of the molecule is O=C(O)c1csc(-c2ccccc2)c1C(=O)O. The first-order chi connectivity index (χ1) is 8.11. The monoisotopic (exact) mass is 248 g/mol. The second-order valence-corrected chi connectivity index (χ2v) is 4.21. The number of thiophene rings is 1. The summed E-state index contributed by atoms with van der Waals surface area (Å²) in [5, 5.41) is 19.4. The van der Waals surface area contributed by atoms with Gasteiger partial charge in [-0.25, -0.2) is 9.59 Å². The maximum absolute atomic E-state index is 11.1. The molecule has 1 aromatic heterocycles. The molecule has 17 heavy (non-hydrogen) atoms. The van der Waals surface area contributed by atoms with Gasteiger partial charge in [-0.2, -0.15) is 0 Å². The third kappa shape index (κ3) is 2.05. The predicted octanol–water partition coefficient (Wildman–Crippen LogP) is 2.81. The molecule has 0 radical (unpaired) electrons. The van der Waals surface area contributed by atoms with Crippen LogP contribution < -0.4 is 0 Å². The fraction of sp³-hybridized carbons (Fsp3) is 0. The van der Waals surface area contributed by atoms with Gasteiger partial charge in [0.2, 0.25) is 0 Å². The van der Waals surface area contributed by atoms with Crippen LogP contribution in [0.2, 0.25) is 0 Å². The van der Waals surface area contributed by atoms with E-state index in [-0.39, 0.29) is 11.1 Å². The van der Waals surface area contributed by atoms with Crippen LogP contribution in [0.4, 0.5) is 0 Å². The Morgan fingerprint density at radius 2 is 1.65 bits per heavy atom. The van der Waals surface area contributed by atoms with E-state index in [1.54, 1.807) is 24.3 Å². The lowest BCUT2D eigenvalue weighted by molar-refractivity contribution is 0.0653. The molecule has 2 N–H and O–H groups in total. The topological polar surface area (TPSA) is 74.6 Å². The number of carbonyl (C=O) groups is 2. The summed E-state index contributed by atoms with van der Waals surface area (Å²) in [7, 11) is 0. The third-order valence-electron chi connectivity index (χ3n) is 2.27. The Balaban J connectivity index is 2.64. The number of aromatic carboxylic acids is 2. The van der Waals surface area contributed by atoms with Crippen molar-refractivity contribution in [2.75, 3.05) is 0 Å². The highest BCUT2D eigenvalue weighted by Gasteiger charge is 2.23. The largest absolute Gasteiger partial charge is 0.478 e. The number of hydrogen-bond donors (Lipinski definition) is 2. The van der Waals surface area contributed by atoms with Crippen molar-refractivity contribution in [1.82, 2.24) is 0 Å².